The summed E-state index contributed by atoms with van der Waals surface area (Å²) in [5.74, 6) is 0. The Kier molecular flexibility index (Phi) is 1.89. The number of aryl methyl sites for hydroxylation is 1. The number of imidazole rings is 1. The van der Waals surface area contributed by atoms with Crippen molar-refractivity contribution in [3.05, 3.63) is 34.7 Å². The summed E-state index contributed by atoms with van der Waals surface area (Å²) in [4.78, 5) is 4.27. The van der Waals surface area contributed by atoms with E-state index in [0.29, 0.717) is 0 Å². The van der Waals surface area contributed by atoms with E-state index < -0.39 is 0 Å². The lowest BCUT2D eigenvalue weighted by atomic mass is 10.2. The zero-order valence-corrected chi connectivity index (χ0v) is 8.37. The summed E-state index contributed by atoms with van der Waals surface area (Å²) in [5, 5.41) is 0. The third kappa shape index (κ3) is 1.25. The van der Waals surface area contributed by atoms with Gasteiger partial charge in [-0.2, -0.15) is 0 Å². The molecule has 2 nitrogen and oxygen atoms in total. The normalized spacial score (nSPS) is 10.8. The van der Waals surface area contributed by atoms with E-state index in [0.717, 1.165) is 16.7 Å². The largest absolute Gasteiger partial charge is 0.306 e. The first-order valence-corrected chi connectivity index (χ1v) is 4.72. The van der Waals surface area contributed by atoms with Crippen molar-refractivity contribution in [2.75, 3.05) is 0 Å². The molecule has 0 N–H and O–H groups in total. The molecule has 0 radical (unpaired) electrons. The average molecular weight is 225 g/mol. The molecule has 0 aliphatic carbocycles. The maximum Gasteiger partial charge on any atom is 0.138 e. The SMILES string of the molecule is CCc1ccc2nc(Br)cn2c1. The third-order valence-electron chi connectivity index (χ3n) is 1.89. The van der Waals surface area contributed by atoms with Crippen LogP contribution in [0.5, 0.6) is 0 Å². The Bertz CT molecular complexity index is 406. The van der Waals surface area contributed by atoms with E-state index in [9.17, 15) is 0 Å². The van der Waals surface area contributed by atoms with Gasteiger partial charge in [-0.25, -0.2) is 4.98 Å². The molecule has 0 saturated carbocycles. The number of aromatic nitrogens is 2. The van der Waals surface area contributed by atoms with Crippen molar-refractivity contribution in [1.29, 1.82) is 0 Å². The molecule has 2 rings (SSSR count). The second-order valence-corrected chi connectivity index (χ2v) is 3.53. The number of nitrogens with zero attached hydrogens (tertiary/aromatic N) is 2. The Morgan fingerprint density at radius 2 is 2.25 bits per heavy atom. The molecule has 0 fully saturated rings. The van der Waals surface area contributed by atoms with Crippen LogP contribution < -0.4 is 0 Å². The molecule has 0 aromatic carbocycles. The second kappa shape index (κ2) is 2.90. The predicted molar refractivity (Wildman–Crippen MR) is 52.3 cm³/mol. The Hall–Kier alpha value is -0.830. The van der Waals surface area contributed by atoms with Crippen LogP contribution in [0.15, 0.2) is 29.1 Å². The highest BCUT2D eigenvalue weighted by atomic mass is 79.9. The van der Waals surface area contributed by atoms with Crippen LogP contribution >= 0.6 is 15.9 Å². The molecule has 0 amide bonds. The topological polar surface area (TPSA) is 17.3 Å². The van der Waals surface area contributed by atoms with Gasteiger partial charge in [-0.05, 0) is 34.0 Å². The van der Waals surface area contributed by atoms with Gasteiger partial charge < -0.3 is 4.40 Å². The molecule has 0 aliphatic heterocycles. The van der Waals surface area contributed by atoms with Gasteiger partial charge in [0.15, 0.2) is 0 Å². The molecule has 2 aromatic heterocycles. The molecule has 0 atom stereocenters. The van der Waals surface area contributed by atoms with Gasteiger partial charge in [-0.1, -0.05) is 13.0 Å². The zero-order valence-electron chi connectivity index (χ0n) is 6.79. The fraction of sp³-hybridized carbons (Fsp3) is 0.222. The van der Waals surface area contributed by atoms with Gasteiger partial charge in [0.25, 0.3) is 0 Å². The van der Waals surface area contributed by atoms with E-state index in [1.807, 2.05) is 16.7 Å². The number of fused-ring (bicyclic) bond motifs is 1. The molecule has 2 heterocycles. The summed E-state index contributed by atoms with van der Waals surface area (Å²) in [7, 11) is 0. The van der Waals surface area contributed by atoms with E-state index in [1.54, 1.807) is 0 Å². The smallest absolute Gasteiger partial charge is 0.138 e. The minimum absolute atomic E-state index is 0.885. The predicted octanol–water partition coefficient (Wildman–Crippen LogP) is 2.66. The van der Waals surface area contributed by atoms with Crippen LogP contribution in [-0.2, 0) is 6.42 Å². The highest BCUT2D eigenvalue weighted by Gasteiger charge is 1.97. The number of pyridine rings is 1. The quantitative estimate of drug-likeness (QED) is 0.729. The summed E-state index contributed by atoms with van der Waals surface area (Å²) >= 11 is 3.34. The van der Waals surface area contributed by atoms with Crippen molar-refractivity contribution in [3.63, 3.8) is 0 Å². The van der Waals surface area contributed by atoms with Crippen molar-refractivity contribution in [2.45, 2.75) is 13.3 Å². The van der Waals surface area contributed by atoms with Crippen LogP contribution in [0.4, 0.5) is 0 Å². The molecule has 0 spiro atoms. The Balaban J connectivity index is 2.66. The van der Waals surface area contributed by atoms with Gasteiger partial charge in [-0.3, -0.25) is 0 Å². The molecule has 62 valence electrons. The standard InChI is InChI=1S/C9H9BrN2/c1-2-7-3-4-9-11-8(10)6-12(9)5-7/h3-6H,2H2,1H3. The van der Waals surface area contributed by atoms with Gasteiger partial charge in [0, 0.05) is 12.4 Å². The molecular formula is C9H9BrN2. The summed E-state index contributed by atoms with van der Waals surface area (Å²) < 4.78 is 2.92. The first-order chi connectivity index (χ1) is 5.79. The van der Waals surface area contributed by atoms with Crippen molar-refractivity contribution < 1.29 is 0 Å². The first kappa shape index (κ1) is 7.80. The van der Waals surface area contributed by atoms with E-state index >= 15 is 0 Å². The van der Waals surface area contributed by atoms with Gasteiger partial charge in [-0.15, -0.1) is 0 Å². The lowest BCUT2D eigenvalue weighted by molar-refractivity contribution is 1.07. The van der Waals surface area contributed by atoms with Gasteiger partial charge in [0.05, 0.1) is 0 Å². The average Bonchev–Trinajstić information content (AvgIpc) is 2.43. The van der Waals surface area contributed by atoms with Crippen LogP contribution in [0.3, 0.4) is 0 Å². The van der Waals surface area contributed by atoms with Crippen LogP contribution in [0.1, 0.15) is 12.5 Å². The third-order valence-corrected chi connectivity index (χ3v) is 2.27. The summed E-state index contributed by atoms with van der Waals surface area (Å²) in [6.45, 7) is 2.15. The maximum atomic E-state index is 4.27. The minimum atomic E-state index is 0.885. The maximum absolute atomic E-state index is 4.27. The molecule has 12 heavy (non-hydrogen) atoms. The zero-order chi connectivity index (χ0) is 8.55. The number of hydrogen-bond acceptors (Lipinski definition) is 1. The molecule has 0 saturated heterocycles. The highest BCUT2D eigenvalue weighted by molar-refractivity contribution is 9.10. The van der Waals surface area contributed by atoms with E-state index in [2.05, 4.69) is 40.1 Å². The van der Waals surface area contributed by atoms with Gasteiger partial charge >= 0.3 is 0 Å². The van der Waals surface area contributed by atoms with Crippen molar-refractivity contribution in [1.82, 2.24) is 9.38 Å². The number of halogens is 1. The van der Waals surface area contributed by atoms with Gasteiger partial charge in [0.2, 0.25) is 0 Å². The van der Waals surface area contributed by atoms with E-state index in [-0.39, 0.29) is 0 Å². The monoisotopic (exact) mass is 224 g/mol. The first-order valence-electron chi connectivity index (χ1n) is 3.92. The lowest BCUT2D eigenvalue weighted by Crippen LogP contribution is -1.86. The van der Waals surface area contributed by atoms with Crippen molar-refractivity contribution >= 4 is 21.6 Å². The second-order valence-electron chi connectivity index (χ2n) is 2.72. The minimum Gasteiger partial charge on any atom is -0.306 e. The Labute approximate surface area is 79.4 Å². The molecule has 0 bridgehead atoms. The summed E-state index contributed by atoms with van der Waals surface area (Å²) in [5.41, 5.74) is 2.31. The van der Waals surface area contributed by atoms with Crippen LogP contribution in [0.25, 0.3) is 5.65 Å². The van der Waals surface area contributed by atoms with Crippen LogP contribution in [-0.4, -0.2) is 9.38 Å². The lowest BCUT2D eigenvalue weighted by Gasteiger charge is -1.96. The fourth-order valence-electron chi connectivity index (χ4n) is 1.22. The van der Waals surface area contributed by atoms with Crippen molar-refractivity contribution in [3.8, 4) is 0 Å². The number of hydrogen-bond donors (Lipinski definition) is 0. The Morgan fingerprint density at radius 1 is 1.42 bits per heavy atom. The van der Waals surface area contributed by atoms with E-state index in [1.165, 1.54) is 5.56 Å². The summed E-state index contributed by atoms with van der Waals surface area (Å²) in [6.07, 6.45) is 5.13. The molecule has 3 heteroatoms. The van der Waals surface area contributed by atoms with E-state index in [4.69, 9.17) is 0 Å². The fourth-order valence-corrected chi connectivity index (χ4v) is 1.62. The Morgan fingerprint density at radius 3 is 3.00 bits per heavy atom. The molecule has 0 unspecified atom stereocenters. The molecule has 0 aliphatic rings. The van der Waals surface area contributed by atoms with Gasteiger partial charge in [0.1, 0.15) is 10.3 Å². The summed E-state index contributed by atoms with van der Waals surface area (Å²) in [6, 6.07) is 4.14. The molecular weight excluding hydrogens is 216 g/mol. The van der Waals surface area contributed by atoms with Crippen LogP contribution in [0.2, 0.25) is 0 Å². The molecule has 2 aromatic rings. The number of rotatable bonds is 1. The van der Waals surface area contributed by atoms with Crippen molar-refractivity contribution in [2.24, 2.45) is 0 Å². The van der Waals surface area contributed by atoms with Crippen LogP contribution in [0, 0.1) is 0 Å². The highest BCUT2D eigenvalue weighted by Crippen LogP contribution is 2.11.